The zero-order chi connectivity index (χ0) is 16.3. The molecule has 0 radical (unpaired) electrons. The molecule has 2 aromatic rings. The minimum Gasteiger partial charge on any atom is -0.467 e. The molecule has 0 spiro atoms. The SMILES string of the molecule is Cc1ccc(-c2nc(OCC(F)(F)F)c(C=O)cc2F)nc1. The average molecular weight is 314 g/mol. The van der Waals surface area contributed by atoms with Crippen molar-refractivity contribution in [1.29, 1.82) is 0 Å². The van der Waals surface area contributed by atoms with E-state index in [-0.39, 0.29) is 17.7 Å². The Morgan fingerprint density at radius 2 is 2.05 bits per heavy atom. The van der Waals surface area contributed by atoms with Gasteiger partial charge in [0.1, 0.15) is 5.69 Å². The number of halogens is 4. The highest BCUT2D eigenvalue weighted by Crippen LogP contribution is 2.26. The first-order valence-corrected chi connectivity index (χ1v) is 6.08. The van der Waals surface area contributed by atoms with E-state index in [0.717, 1.165) is 11.6 Å². The van der Waals surface area contributed by atoms with E-state index in [0.29, 0.717) is 0 Å². The molecular weight excluding hydrogens is 304 g/mol. The fraction of sp³-hybridized carbons (Fsp3) is 0.214. The van der Waals surface area contributed by atoms with Crippen LogP contribution in [0, 0.1) is 12.7 Å². The molecule has 8 heteroatoms. The molecule has 0 unspecified atom stereocenters. The van der Waals surface area contributed by atoms with Gasteiger partial charge in [-0.05, 0) is 24.6 Å². The summed E-state index contributed by atoms with van der Waals surface area (Å²) in [5, 5.41) is 0. The van der Waals surface area contributed by atoms with Gasteiger partial charge in [0.25, 0.3) is 0 Å². The van der Waals surface area contributed by atoms with Crippen LogP contribution in [0.5, 0.6) is 5.88 Å². The fourth-order valence-corrected chi connectivity index (χ4v) is 1.62. The number of aryl methyl sites for hydroxylation is 1. The van der Waals surface area contributed by atoms with Gasteiger partial charge in [-0.15, -0.1) is 0 Å². The van der Waals surface area contributed by atoms with Gasteiger partial charge in [0.05, 0.1) is 11.3 Å². The van der Waals surface area contributed by atoms with E-state index in [9.17, 15) is 22.4 Å². The monoisotopic (exact) mass is 314 g/mol. The standard InChI is InChI=1S/C14H10F4N2O2/c1-8-2-3-11(19-5-8)12-10(15)4-9(6-21)13(20-12)22-7-14(16,17)18/h2-6H,7H2,1H3. The molecule has 2 aromatic heterocycles. The maximum absolute atomic E-state index is 13.9. The molecular formula is C14H10F4N2O2. The van der Waals surface area contributed by atoms with Crippen molar-refractivity contribution in [2.24, 2.45) is 0 Å². The van der Waals surface area contributed by atoms with Crippen molar-refractivity contribution in [3.63, 3.8) is 0 Å². The average Bonchev–Trinajstić information content (AvgIpc) is 2.45. The summed E-state index contributed by atoms with van der Waals surface area (Å²) in [6, 6.07) is 3.88. The second-order valence-corrected chi connectivity index (χ2v) is 4.46. The van der Waals surface area contributed by atoms with Crippen molar-refractivity contribution in [3.8, 4) is 17.3 Å². The molecule has 0 aliphatic carbocycles. The summed E-state index contributed by atoms with van der Waals surface area (Å²) in [5.41, 5.74) is 0.250. The first kappa shape index (κ1) is 15.9. The quantitative estimate of drug-likeness (QED) is 0.641. The second kappa shape index (κ2) is 6.08. The van der Waals surface area contributed by atoms with Gasteiger partial charge in [-0.25, -0.2) is 9.37 Å². The molecule has 0 N–H and O–H groups in total. The highest BCUT2D eigenvalue weighted by molar-refractivity contribution is 5.79. The van der Waals surface area contributed by atoms with Crippen LogP contribution >= 0.6 is 0 Å². The first-order valence-electron chi connectivity index (χ1n) is 6.08. The number of carbonyl (C=O) groups is 1. The third kappa shape index (κ3) is 3.78. The molecule has 0 saturated carbocycles. The molecule has 4 nitrogen and oxygen atoms in total. The Labute approximate surface area is 122 Å². The molecule has 116 valence electrons. The van der Waals surface area contributed by atoms with Gasteiger partial charge in [-0.2, -0.15) is 13.2 Å². The number of pyridine rings is 2. The minimum atomic E-state index is -4.60. The van der Waals surface area contributed by atoms with E-state index < -0.39 is 30.0 Å². The summed E-state index contributed by atoms with van der Waals surface area (Å²) < 4.78 is 55.0. The Hall–Kier alpha value is -2.51. The van der Waals surface area contributed by atoms with Crippen LogP contribution in [0.1, 0.15) is 15.9 Å². The Morgan fingerprint density at radius 1 is 1.32 bits per heavy atom. The van der Waals surface area contributed by atoms with E-state index in [1.54, 1.807) is 13.0 Å². The number of ether oxygens (including phenoxy) is 1. The lowest BCUT2D eigenvalue weighted by molar-refractivity contribution is -0.154. The van der Waals surface area contributed by atoms with Gasteiger partial charge in [-0.1, -0.05) is 6.07 Å². The topological polar surface area (TPSA) is 52.1 Å². The fourth-order valence-electron chi connectivity index (χ4n) is 1.62. The number of alkyl halides is 3. The summed E-state index contributed by atoms with van der Waals surface area (Å²) in [6.07, 6.45) is -2.97. The molecule has 2 heterocycles. The number of carbonyl (C=O) groups excluding carboxylic acids is 1. The molecule has 0 aromatic carbocycles. The van der Waals surface area contributed by atoms with E-state index in [2.05, 4.69) is 14.7 Å². The molecule has 0 atom stereocenters. The summed E-state index contributed by atoms with van der Waals surface area (Å²) in [4.78, 5) is 18.4. The maximum Gasteiger partial charge on any atom is 0.422 e. The van der Waals surface area contributed by atoms with Crippen molar-refractivity contribution in [1.82, 2.24) is 9.97 Å². The van der Waals surface area contributed by atoms with Crippen LogP contribution in [0.15, 0.2) is 24.4 Å². The largest absolute Gasteiger partial charge is 0.467 e. The Balaban J connectivity index is 2.43. The predicted molar refractivity (Wildman–Crippen MR) is 69.1 cm³/mol. The molecule has 0 fully saturated rings. The van der Waals surface area contributed by atoms with Crippen LogP contribution in [-0.4, -0.2) is 29.0 Å². The van der Waals surface area contributed by atoms with E-state index in [1.165, 1.54) is 12.3 Å². The van der Waals surface area contributed by atoms with Gasteiger partial charge in [0.15, 0.2) is 18.7 Å². The van der Waals surface area contributed by atoms with Crippen LogP contribution < -0.4 is 4.74 Å². The number of rotatable bonds is 4. The van der Waals surface area contributed by atoms with Gasteiger partial charge in [-0.3, -0.25) is 9.78 Å². The van der Waals surface area contributed by atoms with E-state index in [4.69, 9.17) is 0 Å². The zero-order valence-electron chi connectivity index (χ0n) is 11.3. The number of aromatic nitrogens is 2. The third-order valence-corrected chi connectivity index (χ3v) is 2.62. The van der Waals surface area contributed by atoms with E-state index >= 15 is 0 Å². The highest BCUT2D eigenvalue weighted by atomic mass is 19.4. The number of aldehydes is 1. The molecule has 2 rings (SSSR count). The Bertz CT molecular complexity index is 684. The van der Waals surface area contributed by atoms with Gasteiger partial charge >= 0.3 is 6.18 Å². The zero-order valence-corrected chi connectivity index (χ0v) is 11.3. The summed E-state index contributed by atoms with van der Waals surface area (Å²) in [5.74, 6) is -1.47. The Kier molecular flexibility index (Phi) is 4.39. The van der Waals surface area contributed by atoms with Crippen molar-refractivity contribution in [2.45, 2.75) is 13.1 Å². The van der Waals surface area contributed by atoms with Crippen LogP contribution in [0.4, 0.5) is 17.6 Å². The van der Waals surface area contributed by atoms with Gasteiger partial charge in [0.2, 0.25) is 5.88 Å². The smallest absolute Gasteiger partial charge is 0.422 e. The molecule has 0 bridgehead atoms. The lowest BCUT2D eigenvalue weighted by atomic mass is 10.2. The van der Waals surface area contributed by atoms with Crippen molar-refractivity contribution in [3.05, 3.63) is 41.3 Å². The van der Waals surface area contributed by atoms with Crippen LogP contribution in [0.25, 0.3) is 11.4 Å². The van der Waals surface area contributed by atoms with Crippen molar-refractivity contribution in [2.75, 3.05) is 6.61 Å². The number of hydrogen-bond donors (Lipinski definition) is 0. The maximum atomic E-state index is 13.9. The minimum absolute atomic E-state index is 0.123. The van der Waals surface area contributed by atoms with Crippen molar-refractivity contribution < 1.29 is 27.1 Å². The third-order valence-electron chi connectivity index (χ3n) is 2.62. The first-order chi connectivity index (χ1) is 10.3. The van der Waals surface area contributed by atoms with Crippen LogP contribution in [-0.2, 0) is 0 Å². The Morgan fingerprint density at radius 3 is 2.59 bits per heavy atom. The predicted octanol–water partition coefficient (Wildman–Crippen LogP) is 3.34. The molecule has 0 aliphatic rings. The van der Waals surface area contributed by atoms with Gasteiger partial charge < -0.3 is 4.74 Å². The molecule has 0 aliphatic heterocycles. The van der Waals surface area contributed by atoms with Gasteiger partial charge in [0, 0.05) is 6.20 Å². The number of hydrogen-bond acceptors (Lipinski definition) is 4. The summed E-state index contributed by atoms with van der Waals surface area (Å²) in [6.45, 7) is 0.140. The molecule has 0 saturated heterocycles. The summed E-state index contributed by atoms with van der Waals surface area (Å²) >= 11 is 0. The lowest BCUT2D eigenvalue weighted by Crippen LogP contribution is -2.20. The van der Waals surface area contributed by atoms with Crippen molar-refractivity contribution >= 4 is 6.29 Å². The lowest BCUT2D eigenvalue weighted by Gasteiger charge is -2.11. The highest BCUT2D eigenvalue weighted by Gasteiger charge is 2.29. The molecule has 0 amide bonds. The second-order valence-electron chi connectivity index (χ2n) is 4.46. The van der Waals surface area contributed by atoms with Crippen LogP contribution in [0.2, 0.25) is 0 Å². The van der Waals surface area contributed by atoms with Crippen LogP contribution in [0.3, 0.4) is 0 Å². The normalized spacial score (nSPS) is 11.3. The summed E-state index contributed by atoms with van der Waals surface area (Å²) in [7, 11) is 0. The van der Waals surface area contributed by atoms with E-state index in [1.807, 2.05) is 0 Å². The number of nitrogens with zero attached hydrogens (tertiary/aromatic N) is 2. The molecule has 22 heavy (non-hydrogen) atoms.